The van der Waals surface area contributed by atoms with Gasteiger partial charge in [0.1, 0.15) is 19.1 Å². The molecule has 0 N–H and O–H groups in total. The van der Waals surface area contributed by atoms with E-state index in [1.165, 1.54) is 6.92 Å². The molecule has 0 rings (SSSR count). The summed E-state index contributed by atoms with van der Waals surface area (Å²) in [5.41, 5.74) is 0.257. The molecule has 0 radical (unpaired) electrons. The Morgan fingerprint density at radius 2 is 1.66 bits per heavy atom. The van der Waals surface area contributed by atoms with E-state index in [4.69, 9.17) is 28.0 Å². The van der Waals surface area contributed by atoms with E-state index in [9.17, 15) is 14.2 Å². The van der Waals surface area contributed by atoms with E-state index in [2.05, 4.69) is 13.2 Å². The van der Waals surface area contributed by atoms with Crippen LogP contribution in [0.2, 0.25) is 0 Å². The van der Waals surface area contributed by atoms with Gasteiger partial charge < -0.3 is 28.0 Å². The van der Waals surface area contributed by atoms with Crippen LogP contribution in [0, 0.1) is 0 Å². The molecule has 0 aromatic carbocycles. The summed E-state index contributed by atoms with van der Waals surface area (Å²) >= 11 is 0. The molecule has 0 amide bonds. The van der Waals surface area contributed by atoms with Gasteiger partial charge in [-0.15, -0.1) is 0 Å². The summed E-state index contributed by atoms with van der Waals surface area (Å²) in [6.45, 7) is 12.9. The molecule has 0 aliphatic heterocycles. The van der Waals surface area contributed by atoms with E-state index >= 15 is 0 Å². The van der Waals surface area contributed by atoms with Crippen LogP contribution in [-0.2, 0) is 42.1 Å². The van der Waals surface area contributed by atoms with Crippen molar-refractivity contribution in [3.63, 3.8) is 0 Å². The Morgan fingerprint density at radius 1 is 1.03 bits per heavy atom. The van der Waals surface area contributed by atoms with Gasteiger partial charge >= 0.3 is 19.5 Å². The van der Waals surface area contributed by atoms with Crippen molar-refractivity contribution in [2.45, 2.75) is 39.7 Å². The van der Waals surface area contributed by atoms with Crippen molar-refractivity contribution in [1.82, 2.24) is 0 Å². The van der Waals surface area contributed by atoms with Gasteiger partial charge in [-0.3, -0.25) is 4.57 Å². The number of ether oxygens (including phenoxy) is 4. The van der Waals surface area contributed by atoms with Gasteiger partial charge in [0, 0.05) is 18.3 Å². The second-order valence-corrected chi connectivity index (χ2v) is 7.89. The average Bonchev–Trinajstić information content (AvgIpc) is 2.68. The molecule has 0 aromatic rings. The number of esters is 2. The first-order valence-electron chi connectivity index (χ1n) is 9.47. The fraction of sp³-hybridized carbons (Fsp3) is 0.684. The average molecular weight is 436 g/mol. The molecule has 29 heavy (non-hydrogen) atoms. The summed E-state index contributed by atoms with van der Waals surface area (Å²) in [6.07, 6.45) is 1.43. The van der Waals surface area contributed by atoms with Gasteiger partial charge in [-0.25, -0.2) is 9.59 Å². The zero-order valence-corrected chi connectivity index (χ0v) is 18.4. The third-order valence-corrected chi connectivity index (χ3v) is 5.03. The highest BCUT2D eigenvalue weighted by Gasteiger charge is 2.26. The van der Waals surface area contributed by atoms with Gasteiger partial charge in [0.25, 0.3) is 0 Å². The molecule has 168 valence electrons. The van der Waals surface area contributed by atoms with Crippen LogP contribution in [0.4, 0.5) is 0 Å². The Kier molecular flexibility index (Phi) is 15.5. The van der Waals surface area contributed by atoms with E-state index in [1.54, 1.807) is 13.8 Å². The minimum Gasteiger partial charge on any atom is -0.463 e. The van der Waals surface area contributed by atoms with E-state index in [1.807, 2.05) is 0 Å². The zero-order chi connectivity index (χ0) is 22.1. The SMILES string of the molecule is C=CC(=O)OCCCCOCC(COC(=O)C(=C)C)OCP(=O)(OCC)OCC. The van der Waals surface area contributed by atoms with Crippen molar-refractivity contribution in [2.24, 2.45) is 0 Å². The van der Waals surface area contributed by atoms with Crippen LogP contribution in [-0.4, -0.2) is 64.0 Å². The smallest absolute Gasteiger partial charge is 0.356 e. The molecule has 0 saturated carbocycles. The third-order valence-electron chi connectivity index (χ3n) is 3.27. The predicted molar refractivity (Wildman–Crippen MR) is 108 cm³/mol. The Morgan fingerprint density at radius 3 is 2.21 bits per heavy atom. The molecule has 0 heterocycles. The lowest BCUT2D eigenvalue weighted by molar-refractivity contribution is -0.144. The Labute approximate surface area is 172 Å². The van der Waals surface area contributed by atoms with Crippen LogP contribution in [0.3, 0.4) is 0 Å². The molecule has 0 bridgehead atoms. The molecule has 10 heteroatoms. The highest BCUT2D eigenvalue weighted by Crippen LogP contribution is 2.48. The van der Waals surface area contributed by atoms with E-state index in [0.29, 0.717) is 19.4 Å². The van der Waals surface area contributed by atoms with E-state index < -0.39 is 25.6 Å². The van der Waals surface area contributed by atoms with Gasteiger partial charge in [0.2, 0.25) is 0 Å². The van der Waals surface area contributed by atoms with Crippen LogP contribution in [0.1, 0.15) is 33.6 Å². The Bertz CT molecular complexity index is 552. The number of hydrogen-bond donors (Lipinski definition) is 0. The highest BCUT2D eigenvalue weighted by molar-refractivity contribution is 7.53. The van der Waals surface area contributed by atoms with E-state index in [-0.39, 0.29) is 45.0 Å². The van der Waals surface area contributed by atoms with Crippen LogP contribution in [0.25, 0.3) is 0 Å². The molecule has 1 atom stereocenters. The van der Waals surface area contributed by atoms with E-state index in [0.717, 1.165) is 6.08 Å². The van der Waals surface area contributed by atoms with Gasteiger partial charge in [0.05, 0.1) is 26.4 Å². The van der Waals surface area contributed by atoms with Crippen LogP contribution >= 0.6 is 7.60 Å². The topological polar surface area (TPSA) is 107 Å². The van der Waals surface area contributed by atoms with Crippen molar-refractivity contribution in [3.8, 4) is 0 Å². The summed E-state index contributed by atoms with van der Waals surface area (Å²) < 4.78 is 44.0. The lowest BCUT2D eigenvalue weighted by Crippen LogP contribution is -2.28. The lowest BCUT2D eigenvalue weighted by Gasteiger charge is -2.22. The highest BCUT2D eigenvalue weighted by atomic mass is 31.2. The maximum atomic E-state index is 12.5. The molecule has 0 spiro atoms. The maximum absolute atomic E-state index is 12.5. The van der Waals surface area contributed by atoms with Crippen LogP contribution < -0.4 is 0 Å². The van der Waals surface area contributed by atoms with Gasteiger partial charge in [-0.1, -0.05) is 13.2 Å². The number of hydrogen-bond acceptors (Lipinski definition) is 9. The third kappa shape index (κ3) is 14.2. The number of carbonyl (C=O) groups excluding carboxylic acids is 2. The standard InChI is InChI=1S/C19H33O9P/c1-6-18(20)24-12-10-9-11-23-13-17(14-25-19(21)16(4)5)26-15-29(22,27-7-2)28-8-3/h6,17H,1,4,7-15H2,2-3,5H3. The second-order valence-electron chi connectivity index (χ2n) is 5.90. The largest absolute Gasteiger partial charge is 0.463 e. The Balaban J connectivity index is 4.47. The fourth-order valence-electron chi connectivity index (χ4n) is 1.89. The molecule has 0 aliphatic carbocycles. The first-order chi connectivity index (χ1) is 13.8. The summed E-state index contributed by atoms with van der Waals surface area (Å²) in [5, 5.41) is 0. The molecule has 9 nitrogen and oxygen atoms in total. The molecular weight excluding hydrogens is 403 g/mol. The minimum atomic E-state index is -3.40. The predicted octanol–water partition coefficient (Wildman–Crippen LogP) is 3.24. The van der Waals surface area contributed by atoms with Crippen LogP contribution in [0.15, 0.2) is 24.8 Å². The molecule has 1 unspecified atom stereocenters. The quantitative estimate of drug-likeness (QED) is 0.138. The minimum absolute atomic E-state index is 0.0963. The number of unbranched alkanes of at least 4 members (excludes halogenated alkanes) is 1. The molecule has 0 fully saturated rings. The lowest BCUT2D eigenvalue weighted by atomic mass is 10.3. The fourth-order valence-corrected chi connectivity index (χ4v) is 3.29. The first kappa shape index (κ1) is 27.5. The van der Waals surface area contributed by atoms with Crippen LogP contribution in [0.5, 0.6) is 0 Å². The molecule has 0 saturated heterocycles. The van der Waals surface area contributed by atoms with Crippen molar-refractivity contribution >= 4 is 19.5 Å². The molecule has 0 aliphatic rings. The zero-order valence-electron chi connectivity index (χ0n) is 17.6. The summed E-state index contributed by atoms with van der Waals surface area (Å²) in [6, 6.07) is 0. The van der Waals surface area contributed by atoms with Gasteiger partial charge in [-0.05, 0) is 33.6 Å². The van der Waals surface area contributed by atoms with Crippen molar-refractivity contribution in [3.05, 3.63) is 24.8 Å². The van der Waals surface area contributed by atoms with Gasteiger partial charge in [-0.2, -0.15) is 0 Å². The van der Waals surface area contributed by atoms with Crippen molar-refractivity contribution in [1.29, 1.82) is 0 Å². The summed E-state index contributed by atoms with van der Waals surface area (Å²) in [5.74, 6) is -1.02. The summed E-state index contributed by atoms with van der Waals surface area (Å²) in [7, 11) is -3.40. The van der Waals surface area contributed by atoms with Gasteiger partial charge in [0.15, 0.2) is 0 Å². The normalized spacial score (nSPS) is 12.2. The molecular formula is C19H33O9P. The van der Waals surface area contributed by atoms with Crippen molar-refractivity contribution < 1.29 is 42.1 Å². The summed E-state index contributed by atoms with van der Waals surface area (Å²) in [4.78, 5) is 22.5. The number of rotatable bonds is 18. The van der Waals surface area contributed by atoms with Crippen molar-refractivity contribution in [2.75, 3.05) is 46.0 Å². The number of carbonyl (C=O) groups is 2. The first-order valence-corrected chi connectivity index (χ1v) is 11.2. The second kappa shape index (κ2) is 16.3. The molecule has 0 aromatic heterocycles. The monoisotopic (exact) mass is 436 g/mol. The Hall–Kier alpha value is -1.51. The maximum Gasteiger partial charge on any atom is 0.356 e.